The third kappa shape index (κ3) is 4.56. The Kier molecular flexibility index (Phi) is 5.87. The molecule has 0 aliphatic heterocycles. The van der Waals surface area contributed by atoms with Crippen molar-refractivity contribution in [1.29, 1.82) is 0 Å². The predicted octanol–water partition coefficient (Wildman–Crippen LogP) is 7.20. The number of rotatable bonds is 4. The number of hydrogen-bond donors (Lipinski definition) is 0. The molecular weight excluding hydrogens is 406 g/mol. The third-order valence-electron chi connectivity index (χ3n) is 6.06. The number of benzene rings is 2. The molecule has 0 amide bonds. The Bertz CT molecular complexity index is 1240. The number of pyridine rings is 1. The van der Waals surface area contributed by atoms with Gasteiger partial charge in [-0.1, -0.05) is 65.8 Å². The van der Waals surface area contributed by atoms with E-state index in [9.17, 15) is 0 Å². The van der Waals surface area contributed by atoms with Crippen molar-refractivity contribution in [1.82, 2.24) is 14.5 Å². The number of hydrogen-bond acceptors (Lipinski definition) is 3. The molecule has 0 saturated heterocycles. The first-order valence-corrected chi connectivity index (χ1v) is 11.4. The van der Waals surface area contributed by atoms with Crippen molar-refractivity contribution in [2.45, 2.75) is 52.4 Å². The second-order valence-corrected chi connectivity index (χ2v) is 10.5. The summed E-state index contributed by atoms with van der Waals surface area (Å²) in [7, 11) is 1.70. The van der Waals surface area contributed by atoms with Crippen molar-refractivity contribution in [3.8, 4) is 33.8 Å². The lowest BCUT2D eigenvalue weighted by Gasteiger charge is -2.26. The average Bonchev–Trinajstić information content (AvgIpc) is 3.27. The molecule has 2 heterocycles. The number of para-hydroxylation sites is 1. The second-order valence-electron chi connectivity index (χ2n) is 10.5. The highest BCUT2D eigenvalue weighted by Gasteiger charge is 2.22. The Balaban J connectivity index is 1.93. The molecule has 0 bridgehead atoms. The fourth-order valence-corrected chi connectivity index (χ4v) is 4.02. The smallest absolute Gasteiger partial charge is 0.126 e. The molecule has 2 aromatic heterocycles. The van der Waals surface area contributed by atoms with E-state index in [1.807, 2.05) is 49.2 Å². The minimum atomic E-state index is 0.0394. The van der Waals surface area contributed by atoms with Gasteiger partial charge in [-0.25, -0.2) is 4.98 Å². The van der Waals surface area contributed by atoms with Gasteiger partial charge in [-0.05, 0) is 46.2 Å². The van der Waals surface area contributed by atoms with Gasteiger partial charge in [0, 0.05) is 22.9 Å². The van der Waals surface area contributed by atoms with Gasteiger partial charge in [0.15, 0.2) is 0 Å². The van der Waals surface area contributed by atoms with Crippen LogP contribution in [0.4, 0.5) is 0 Å². The van der Waals surface area contributed by atoms with E-state index < -0.39 is 0 Å². The highest BCUT2D eigenvalue weighted by molar-refractivity contribution is 5.79. The summed E-state index contributed by atoms with van der Waals surface area (Å²) in [5.74, 6) is 0.830. The zero-order chi connectivity index (χ0) is 23.8. The maximum absolute atomic E-state index is 5.65. The quantitative estimate of drug-likeness (QED) is 0.337. The lowest BCUT2D eigenvalue weighted by Crippen LogP contribution is -2.16. The zero-order valence-corrected chi connectivity index (χ0v) is 20.7. The van der Waals surface area contributed by atoms with Crippen molar-refractivity contribution >= 4 is 0 Å². The molecule has 33 heavy (non-hydrogen) atoms. The maximum Gasteiger partial charge on any atom is 0.126 e. The van der Waals surface area contributed by atoms with Crippen molar-refractivity contribution in [2.24, 2.45) is 0 Å². The summed E-state index contributed by atoms with van der Waals surface area (Å²) in [5.41, 5.74) is 7.93. The predicted molar refractivity (Wildman–Crippen MR) is 136 cm³/mol. The maximum atomic E-state index is 5.65. The van der Waals surface area contributed by atoms with Crippen molar-refractivity contribution in [2.75, 3.05) is 7.11 Å². The molecule has 0 unspecified atom stereocenters. The van der Waals surface area contributed by atoms with Gasteiger partial charge >= 0.3 is 0 Å². The van der Waals surface area contributed by atoms with Crippen LogP contribution < -0.4 is 4.74 Å². The van der Waals surface area contributed by atoms with E-state index in [0.717, 1.165) is 33.8 Å². The highest BCUT2D eigenvalue weighted by atomic mass is 16.5. The van der Waals surface area contributed by atoms with Gasteiger partial charge < -0.3 is 4.74 Å². The summed E-state index contributed by atoms with van der Waals surface area (Å²) in [6.45, 7) is 13.6. The number of imidazole rings is 1. The van der Waals surface area contributed by atoms with Gasteiger partial charge in [0.05, 0.1) is 37.2 Å². The summed E-state index contributed by atoms with van der Waals surface area (Å²) in [6, 6.07) is 17.0. The minimum Gasteiger partial charge on any atom is -0.496 e. The molecule has 0 aliphatic rings. The first kappa shape index (κ1) is 22.8. The molecule has 4 heteroatoms. The number of ether oxygens (including phenoxy) is 1. The van der Waals surface area contributed by atoms with Crippen LogP contribution in [0.2, 0.25) is 0 Å². The summed E-state index contributed by atoms with van der Waals surface area (Å²) in [4.78, 5) is 8.98. The SMILES string of the molecule is COc1ccccc1-c1ccncc1-n1cncc1-c1cc(C(C)(C)C)cc(C(C)(C)C)c1. The molecule has 4 nitrogen and oxygen atoms in total. The van der Waals surface area contributed by atoms with E-state index in [2.05, 4.69) is 80.3 Å². The first-order chi connectivity index (χ1) is 15.6. The van der Waals surface area contributed by atoms with E-state index in [1.165, 1.54) is 11.1 Å². The molecule has 4 aromatic rings. The Morgan fingerprint density at radius 2 is 1.42 bits per heavy atom. The van der Waals surface area contributed by atoms with Crippen LogP contribution in [0.25, 0.3) is 28.1 Å². The first-order valence-electron chi connectivity index (χ1n) is 11.4. The van der Waals surface area contributed by atoms with Crippen molar-refractivity contribution in [3.63, 3.8) is 0 Å². The average molecular weight is 440 g/mol. The van der Waals surface area contributed by atoms with E-state index in [-0.39, 0.29) is 10.8 Å². The van der Waals surface area contributed by atoms with Gasteiger partial charge in [0.1, 0.15) is 5.75 Å². The molecule has 0 atom stereocenters. The largest absolute Gasteiger partial charge is 0.496 e. The molecule has 0 aliphatic carbocycles. The molecule has 170 valence electrons. The number of nitrogens with zero attached hydrogens (tertiary/aromatic N) is 3. The van der Waals surface area contributed by atoms with E-state index in [1.54, 1.807) is 7.11 Å². The van der Waals surface area contributed by atoms with Gasteiger partial charge in [-0.3, -0.25) is 9.55 Å². The molecule has 4 rings (SSSR count). The van der Waals surface area contributed by atoms with Crippen LogP contribution in [0.5, 0.6) is 5.75 Å². The fourth-order valence-electron chi connectivity index (χ4n) is 4.02. The Morgan fingerprint density at radius 3 is 2.06 bits per heavy atom. The zero-order valence-electron chi connectivity index (χ0n) is 20.7. The van der Waals surface area contributed by atoms with E-state index in [4.69, 9.17) is 4.74 Å². The summed E-state index contributed by atoms with van der Waals surface area (Å²) < 4.78 is 7.78. The second kappa shape index (κ2) is 8.51. The van der Waals surface area contributed by atoms with Gasteiger partial charge in [-0.15, -0.1) is 0 Å². The van der Waals surface area contributed by atoms with Crippen molar-refractivity contribution in [3.05, 3.63) is 84.6 Å². The summed E-state index contributed by atoms with van der Waals surface area (Å²) >= 11 is 0. The highest BCUT2D eigenvalue weighted by Crippen LogP contribution is 2.37. The Hall–Kier alpha value is -3.40. The normalized spacial score (nSPS) is 12.1. The fraction of sp³-hybridized carbons (Fsp3) is 0.310. The minimum absolute atomic E-state index is 0.0394. The van der Waals surface area contributed by atoms with Gasteiger partial charge in [0.2, 0.25) is 0 Å². The molecule has 0 saturated carbocycles. The van der Waals surface area contributed by atoms with Crippen LogP contribution >= 0.6 is 0 Å². The number of aromatic nitrogens is 3. The Morgan fingerprint density at radius 1 is 0.758 bits per heavy atom. The summed E-state index contributed by atoms with van der Waals surface area (Å²) in [6.07, 6.45) is 7.52. The van der Waals surface area contributed by atoms with Crippen LogP contribution in [0.3, 0.4) is 0 Å². The monoisotopic (exact) mass is 439 g/mol. The molecule has 0 spiro atoms. The lowest BCUT2D eigenvalue weighted by atomic mass is 9.79. The Labute approximate surface area is 197 Å². The van der Waals surface area contributed by atoms with Crippen LogP contribution in [0, 0.1) is 0 Å². The molecule has 0 fully saturated rings. The summed E-state index contributed by atoms with van der Waals surface area (Å²) in [5, 5.41) is 0. The lowest BCUT2D eigenvalue weighted by molar-refractivity contribution is 0.416. The molecule has 0 radical (unpaired) electrons. The van der Waals surface area contributed by atoms with Crippen LogP contribution in [-0.4, -0.2) is 21.6 Å². The topological polar surface area (TPSA) is 39.9 Å². The van der Waals surface area contributed by atoms with Crippen LogP contribution in [0.15, 0.2) is 73.4 Å². The van der Waals surface area contributed by atoms with E-state index in [0.29, 0.717) is 0 Å². The van der Waals surface area contributed by atoms with Crippen LogP contribution in [0.1, 0.15) is 52.7 Å². The standard InChI is InChI=1S/C29H33N3O/c1-28(2,3)21-14-20(15-22(16-21)29(4,5)6)25-17-31-19-32(25)26-18-30-13-12-23(26)24-10-8-9-11-27(24)33-7/h8-19H,1-7H3. The van der Waals surface area contributed by atoms with Crippen LogP contribution in [-0.2, 0) is 10.8 Å². The van der Waals surface area contributed by atoms with Gasteiger partial charge in [0.25, 0.3) is 0 Å². The van der Waals surface area contributed by atoms with E-state index >= 15 is 0 Å². The molecule has 0 N–H and O–H groups in total. The van der Waals surface area contributed by atoms with Gasteiger partial charge in [-0.2, -0.15) is 0 Å². The molecular formula is C29H33N3O. The van der Waals surface area contributed by atoms with Crippen molar-refractivity contribution < 1.29 is 4.74 Å². The molecule has 2 aromatic carbocycles. The number of methoxy groups -OCH3 is 1. The third-order valence-corrected chi connectivity index (χ3v) is 6.06.